The molecule has 0 aromatic heterocycles. The maximum Gasteiger partial charge on any atom is 0.245 e. The first-order chi connectivity index (χ1) is 7.17. The van der Waals surface area contributed by atoms with Crippen LogP contribution in [0.2, 0.25) is 0 Å². The van der Waals surface area contributed by atoms with Crippen molar-refractivity contribution in [3.63, 3.8) is 0 Å². The molecule has 0 saturated heterocycles. The van der Waals surface area contributed by atoms with Gasteiger partial charge in [-0.2, -0.15) is 5.26 Å². The van der Waals surface area contributed by atoms with Gasteiger partial charge in [0.2, 0.25) is 5.24 Å². The number of benzene rings is 1. The van der Waals surface area contributed by atoms with Gasteiger partial charge in [0.1, 0.15) is 11.8 Å². The summed E-state index contributed by atoms with van der Waals surface area (Å²) in [4.78, 5) is 10.5. The molecule has 76 valence electrons. The number of carbonyl (C=O) groups is 1. The Kier molecular flexibility index (Phi) is 3.90. The minimum Gasteiger partial charge on any atom is -0.495 e. The van der Waals surface area contributed by atoms with E-state index in [1.807, 2.05) is 6.07 Å². The van der Waals surface area contributed by atoms with Crippen LogP contribution in [0.5, 0.6) is 5.75 Å². The van der Waals surface area contributed by atoms with Crippen molar-refractivity contribution in [1.29, 1.82) is 5.26 Å². The number of hydrogen-bond donors (Lipinski definition) is 0. The van der Waals surface area contributed by atoms with E-state index in [0.29, 0.717) is 11.3 Å². The Morgan fingerprint density at radius 1 is 1.60 bits per heavy atom. The van der Waals surface area contributed by atoms with E-state index in [2.05, 4.69) is 0 Å². The molecule has 0 spiro atoms. The van der Waals surface area contributed by atoms with Gasteiger partial charge < -0.3 is 4.74 Å². The number of nitrogens with zero attached hydrogens (tertiary/aromatic N) is 1. The molecule has 0 N–H and O–H groups in total. The zero-order valence-corrected chi connectivity index (χ0v) is 8.78. The number of methoxy groups -OCH3 is 1. The lowest BCUT2D eigenvalue weighted by molar-refractivity contribution is -0.107. The highest BCUT2D eigenvalue weighted by Gasteiger charge is 2.01. The molecule has 3 nitrogen and oxygen atoms in total. The van der Waals surface area contributed by atoms with E-state index in [4.69, 9.17) is 21.6 Å². The van der Waals surface area contributed by atoms with Gasteiger partial charge in [-0.3, -0.25) is 4.79 Å². The Hall–Kier alpha value is -1.79. The first-order valence-electron chi connectivity index (χ1n) is 4.13. The second kappa shape index (κ2) is 5.18. The third-order valence-corrected chi connectivity index (χ3v) is 1.88. The number of halogens is 1. The fourth-order valence-corrected chi connectivity index (χ4v) is 1.14. The summed E-state index contributed by atoms with van der Waals surface area (Å²) in [5.74, 6) is 0.506. The van der Waals surface area contributed by atoms with E-state index in [9.17, 15) is 4.79 Å². The van der Waals surface area contributed by atoms with Gasteiger partial charge in [-0.15, -0.1) is 0 Å². The lowest BCUT2D eigenvalue weighted by atomic mass is 10.1. The van der Waals surface area contributed by atoms with Crippen molar-refractivity contribution in [1.82, 2.24) is 0 Å². The van der Waals surface area contributed by atoms with E-state index in [1.54, 1.807) is 18.2 Å². The molecule has 0 unspecified atom stereocenters. The van der Waals surface area contributed by atoms with Gasteiger partial charge in [0, 0.05) is 0 Å². The second-order valence-electron chi connectivity index (χ2n) is 2.71. The molecular weight excluding hydrogens is 214 g/mol. The molecule has 0 saturated carbocycles. The predicted octanol–water partition coefficient (Wildman–Crippen LogP) is 2.35. The molecule has 1 rings (SSSR count). The SMILES string of the molecule is COc1ccc(/C=C/C(=O)Cl)cc1C#N. The lowest BCUT2D eigenvalue weighted by Crippen LogP contribution is -1.88. The highest BCUT2D eigenvalue weighted by Crippen LogP contribution is 2.19. The smallest absolute Gasteiger partial charge is 0.245 e. The zero-order valence-electron chi connectivity index (χ0n) is 8.03. The van der Waals surface area contributed by atoms with Crippen LogP contribution in [0.3, 0.4) is 0 Å². The standard InChI is InChI=1S/C11H8ClNO2/c1-15-10-4-2-8(3-5-11(12)14)6-9(10)7-13/h2-6H,1H3/b5-3+. The molecule has 15 heavy (non-hydrogen) atoms. The van der Waals surface area contributed by atoms with Crippen LogP contribution >= 0.6 is 11.6 Å². The van der Waals surface area contributed by atoms with Crippen LogP contribution in [0.1, 0.15) is 11.1 Å². The number of hydrogen-bond acceptors (Lipinski definition) is 3. The fraction of sp³-hybridized carbons (Fsp3) is 0.0909. The monoisotopic (exact) mass is 221 g/mol. The Morgan fingerprint density at radius 3 is 2.87 bits per heavy atom. The van der Waals surface area contributed by atoms with Gasteiger partial charge in [-0.25, -0.2) is 0 Å². The van der Waals surface area contributed by atoms with Gasteiger partial charge in [-0.1, -0.05) is 12.1 Å². The van der Waals surface area contributed by atoms with Gasteiger partial charge in [0.15, 0.2) is 0 Å². The van der Waals surface area contributed by atoms with Crippen molar-refractivity contribution in [3.05, 3.63) is 35.4 Å². The van der Waals surface area contributed by atoms with Crippen LogP contribution < -0.4 is 4.74 Å². The lowest BCUT2D eigenvalue weighted by Gasteiger charge is -2.02. The third kappa shape index (κ3) is 3.12. The van der Waals surface area contributed by atoms with Gasteiger partial charge in [0.05, 0.1) is 12.7 Å². The number of nitriles is 1. The van der Waals surface area contributed by atoms with Crippen molar-refractivity contribution < 1.29 is 9.53 Å². The average Bonchev–Trinajstić information content (AvgIpc) is 2.25. The highest BCUT2D eigenvalue weighted by molar-refractivity contribution is 6.66. The molecule has 0 heterocycles. The minimum absolute atomic E-state index is 0.418. The number of rotatable bonds is 3. The molecule has 1 aromatic rings. The first-order valence-corrected chi connectivity index (χ1v) is 4.51. The van der Waals surface area contributed by atoms with Crippen molar-refractivity contribution in [2.75, 3.05) is 7.11 Å². The Bertz CT molecular complexity index is 446. The Morgan fingerprint density at radius 2 is 2.33 bits per heavy atom. The summed E-state index contributed by atoms with van der Waals surface area (Å²) in [5, 5.41) is 8.25. The molecule has 0 amide bonds. The molecule has 1 aromatic carbocycles. The molecule has 0 aliphatic rings. The molecule has 0 aliphatic heterocycles. The third-order valence-electron chi connectivity index (χ3n) is 1.75. The summed E-state index contributed by atoms with van der Waals surface area (Å²) in [5.41, 5.74) is 1.14. The van der Waals surface area contributed by atoms with Crippen LogP contribution in [-0.2, 0) is 4.79 Å². The summed E-state index contributed by atoms with van der Waals surface area (Å²) >= 11 is 5.14. The molecular formula is C11H8ClNO2. The summed E-state index contributed by atoms with van der Waals surface area (Å²) in [6, 6.07) is 7.01. The summed E-state index contributed by atoms with van der Waals surface area (Å²) < 4.78 is 4.98. The topological polar surface area (TPSA) is 50.1 Å². The predicted molar refractivity (Wildman–Crippen MR) is 57.6 cm³/mol. The van der Waals surface area contributed by atoms with Gasteiger partial charge in [-0.05, 0) is 35.4 Å². The van der Waals surface area contributed by atoms with Crippen molar-refractivity contribution >= 4 is 22.9 Å². The summed E-state index contributed by atoms with van der Waals surface area (Å²) in [6.45, 7) is 0. The summed E-state index contributed by atoms with van der Waals surface area (Å²) in [7, 11) is 1.49. The number of allylic oxidation sites excluding steroid dienone is 1. The molecule has 4 heteroatoms. The molecule has 0 atom stereocenters. The molecule has 0 fully saturated rings. The van der Waals surface area contributed by atoms with Crippen LogP contribution in [0.15, 0.2) is 24.3 Å². The quantitative estimate of drug-likeness (QED) is 0.582. The van der Waals surface area contributed by atoms with Crippen LogP contribution in [0.4, 0.5) is 0 Å². The molecule has 0 bridgehead atoms. The number of carbonyl (C=O) groups excluding carboxylic acids is 1. The maximum absolute atomic E-state index is 10.5. The fourth-order valence-electron chi connectivity index (χ4n) is 1.08. The van der Waals surface area contributed by atoms with Gasteiger partial charge >= 0.3 is 0 Å². The first kappa shape index (κ1) is 11.3. The molecule has 0 aliphatic carbocycles. The van der Waals surface area contributed by atoms with Gasteiger partial charge in [0.25, 0.3) is 0 Å². The number of ether oxygens (including phenoxy) is 1. The average molecular weight is 222 g/mol. The van der Waals surface area contributed by atoms with Crippen molar-refractivity contribution in [2.24, 2.45) is 0 Å². The van der Waals surface area contributed by atoms with Crippen LogP contribution in [0, 0.1) is 11.3 Å². The van der Waals surface area contributed by atoms with Crippen molar-refractivity contribution in [3.8, 4) is 11.8 Å². The largest absolute Gasteiger partial charge is 0.495 e. The van der Waals surface area contributed by atoms with Crippen molar-refractivity contribution in [2.45, 2.75) is 0 Å². The maximum atomic E-state index is 10.5. The second-order valence-corrected chi connectivity index (χ2v) is 3.08. The van der Waals surface area contributed by atoms with Crippen LogP contribution in [-0.4, -0.2) is 12.4 Å². The highest BCUT2D eigenvalue weighted by atomic mass is 35.5. The summed E-state index contributed by atoms with van der Waals surface area (Å²) in [6.07, 6.45) is 2.76. The van der Waals surface area contributed by atoms with E-state index in [0.717, 1.165) is 5.56 Å². The molecule has 0 radical (unpaired) electrons. The Balaban J connectivity index is 3.04. The minimum atomic E-state index is -0.552. The van der Waals surface area contributed by atoms with E-state index < -0.39 is 5.24 Å². The Labute approximate surface area is 92.5 Å². The zero-order chi connectivity index (χ0) is 11.3. The van der Waals surface area contributed by atoms with E-state index >= 15 is 0 Å². The van der Waals surface area contributed by atoms with E-state index in [1.165, 1.54) is 19.3 Å². The normalized spacial score (nSPS) is 9.93. The van der Waals surface area contributed by atoms with E-state index in [-0.39, 0.29) is 0 Å². The van der Waals surface area contributed by atoms with Crippen LogP contribution in [0.25, 0.3) is 6.08 Å².